The number of ether oxygens (including phenoxy) is 5. The van der Waals surface area contributed by atoms with Gasteiger partial charge in [-0.25, -0.2) is 9.59 Å². The molecular formula is C29H38N2O8S. The molecule has 2 aromatic rings. The van der Waals surface area contributed by atoms with Crippen LogP contribution in [0.2, 0.25) is 0 Å². The van der Waals surface area contributed by atoms with Crippen LogP contribution in [0.15, 0.2) is 42.5 Å². The third-order valence-electron chi connectivity index (χ3n) is 5.16. The van der Waals surface area contributed by atoms with Crippen LogP contribution in [0.3, 0.4) is 0 Å². The lowest BCUT2D eigenvalue weighted by Gasteiger charge is -2.23. The van der Waals surface area contributed by atoms with Crippen molar-refractivity contribution in [1.29, 1.82) is 0 Å². The van der Waals surface area contributed by atoms with Crippen molar-refractivity contribution in [1.82, 2.24) is 10.6 Å². The van der Waals surface area contributed by atoms with Crippen LogP contribution in [0.5, 0.6) is 17.2 Å². The lowest BCUT2D eigenvalue weighted by atomic mass is 10.1. The number of alkyl carbamates (subject to hydrolysis) is 1. The molecule has 0 saturated heterocycles. The highest BCUT2D eigenvalue weighted by Crippen LogP contribution is 2.24. The van der Waals surface area contributed by atoms with Crippen LogP contribution >= 0.6 is 11.8 Å². The summed E-state index contributed by atoms with van der Waals surface area (Å²) in [4.78, 5) is 36.7. The predicted molar refractivity (Wildman–Crippen MR) is 156 cm³/mol. The number of carbonyl (C=O) groups excluding carboxylic acids is 3. The zero-order chi connectivity index (χ0) is 29.5. The van der Waals surface area contributed by atoms with Crippen LogP contribution in [0.25, 0.3) is 12.2 Å². The van der Waals surface area contributed by atoms with Gasteiger partial charge in [0.1, 0.15) is 35.5 Å². The molecule has 0 spiro atoms. The van der Waals surface area contributed by atoms with Crippen LogP contribution in [0.4, 0.5) is 9.59 Å². The van der Waals surface area contributed by atoms with E-state index in [0.717, 1.165) is 11.1 Å². The SMILES string of the molecule is COc1cc(C=Cc2ccc(OC(=O)OCCNC(=O)C(CCSC)NC(=O)OC(C)(C)C)cc2)cc(OC)c1. The Morgan fingerprint density at radius 2 is 1.55 bits per heavy atom. The molecule has 2 aromatic carbocycles. The van der Waals surface area contributed by atoms with Gasteiger partial charge in [-0.1, -0.05) is 24.3 Å². The topological polar surface area (TPSA) is 121 Å². The average molecular weight is 575 g/mol. The number of rotatable bonds is 13. The largest absolute Gasteiger partial charge is 0.513 e. The summed E-state index contributed by atoms with van der Waals surface area (Å²) < 4.78 is 26.1. The van der Waals surface area contributed by atoms with Crippen molar-refractivity contribution in [2.24, 2.45) is 0 Å². The second-order valence-corrected chi connectivity index (χ2v) is 10.5. The summed E-state index contributed by atoms with van der Waals surface area (Å²) in [5, 5.41) is 5.24. The number of hydrogen-bond donors (Lipinski definition) is 2. The molecule has 0 aliphatic carbocycles. The fourth-order valence-corrected chi connectivity index (χ4v) is 3.75. The van der Waals surface area contributed by atoms with E-state index in [-0.39, 0.29) is 13.2 Å². The quantitative estimate of drug-likeness (QED) is 0.145. The first-order valence-electron chi connectivity index (χ1n) is 12.6. The van der Waals surface area contributed by atoms with Gasteiger partial charge in [-0.3, -0.25) is 4.79 Å². The van der Waals surface area contributed by atoms with E-state index < -0.39 is 29.8 Å². The molecule has 40 heavy (non-hydrogen) atoms. The lowest BCUT2D eigenvalue weighted by molar-refractivity contribution is -0.123. The van der Waals surface area contributed by atoms with E-state index in [1.54, 1.807) is 77.1 Å². The minimum absolute atomic E-state index is 0.0541. The van der Waals surface area contributed by atoms with Gasteiger partial charge in [0.05, 0.1) is 20.8 Å². The molecule has 0 fully saturated rings. The minimum Gasteiger partial charge on any atom is -0.497 e. The average Bonchev–Trinajstić information content (AvgIpc) is 2.91. The summed E-state index contributed by atoms with van der Waals surface area (Å²) in [6.45, 7) is 5.18. The van der Waals surface area contributed by atoms with Crippen molar-refractivity contribution in [3.8, 4) is 17.2 Å². The molecule has 0 heterocycles. The Balaban J connectivity index is 1.80. The summed E-state index contributed by atoms with van der Waals surface area (Å²) in [7, 11) is 3.19. The van der Waals surface area contributed by atoms with Crippen molar-refractivity contribution in [2.45, 2.75) is 38.8 Å². The van der Waals surface area contributed by atoms with Gasteiger partial charge in [-0.05, 0) is 74.6 Å². The van der Waals surface area contributed by atoms with Crippen molar-refractivity contribution >= 4 is 42.1 Å². The van der Waals surface area contributed by atoms with Gasteiger partial charge in [0, 0.05) is 6.07 Å². The first kappa shape index (κ1) is 32.4. The Morgan fingerprint density at radius 1 is 0.925 bits per heavy atom. The Morgan fingerprint density at radius 3 is 2.12 bits per heavy atom. The van der Waals surface area contributed by atoms with Gasteiger partial charge in [0.15, 0.2) is 0 Å². The summed E-state index contributed by atoms with van der Waals surface area (Å²) in [6.07, 6.45) is 4.59. The first-order chi connectivity index (χ1) is 19.0. The van der Waals surface area contributed by atoms with Crippen LogP contribution in [-0.2, 0) is 14.3 Å². The zero-order valence-electron chi connectivity index (χ0n) is 23.8. The molecule has 1 atom stereocenters. The second-order valence-electron chi connectivity index (χ2n) is 9.52. The zero-order valence-corrected chi connectivity index (χ0v) is 24.6. The molecule has 2 amide bonds. The van der Waals surface area contributed by atoms with Crippen LogP contribution < -0.4 is 24.8 Å². The van der Waals surface area contributed by atoms with Crippen molar-refractivity contribution < 1.29 is 38.1 Å². The number of thioether (sulfide) groups is 1. The second kappa shape index (κ2) is 16.3. The molecule has 218 valence electrons. The van der Waals surface area contributed by atoms with Gasteiger partial charge in [0.25, 0.3) is 0 Å². The summed E-state index contributed by atoms with van der Waals surface area (Å²) in [5.41, 5.74) is 1.12. The van der Waals surface area contributed by atoms with Crippen molar-refractivity contribution in [2.75, 3.05) is 39.4 Å². The number of methoxy groups -OCH3 is 2. The molecule has 10 nitrogen and oxygen atoms in total. The number of nitrogens with one attached hydrogen (secondary N) is 2. The number of hydrogen-bond acceptors (Lipinski definition) is 9. The van der Waals surface area contributed by atoms with E-state index in [9.17, 15) is 14.4 Å². The summed E-state index contributed by atoms with van der Waals surface area (Å²) in [5.74, 6) is 1.96. The lowest BCUT2D eigenvalue weighted by Crippen LogP contribution is -2.49. The molecule has 2 rings (SSSR count). The van der Waals surface area contributed by atoms with E-state index in [2.05, 4.69) is 10.6 Å². The normalized spacial score (nSPS) is 11.8. The predicted octanol–water partition coefficient (Wildman–Crippen LogP) is 5.15. The maximum Gasteiger partial charge on any atom is 0.513 e. The van der Waals surface area contributed by atoms with E-state index in [1.807, 2.05) is 30.5 Å². The molecule has 2 N–H and O–H groups in total. The Hall–Kier alpha value is -3.86. The third kappa shape index (κ3) is 12.3. The van der Waals surface area contributed by atoms with Crippen LogP contribution in [-0.4, -0.2) is 69.2 Å². The molecular weight excluding hydrogens is 536 g/mol. The molecule has 0 aromatic heterocycles. The maximum atomic E-state index is 12.5. The fourth-order valence-electron chi connectivity index (χ4n) is 3.28. The smallest absolute Gasteiger partial charge is 0.497 e. The van der Waals surface area contributed by atoms with Gasteiger partial charge >= 0.3 is 12.2 Å². The molecule has 0 aliphatic rings. The summed E-state index contributed by atoms with van der Waals surface area (Å²) in [6, 6.07) is 11.7. The highest BCUT2D eigenvalue weighted by molar-refractivity contribution is 7.98. The molecule has 1 unspecified atom stereocenters. The van der Waals surface area contributed by atoms with Gasteiger partial charge in [-0.2, -0.15) is 11.8 Å². The van der Waals surface area contributed by atoms with Crippen molar-refractivity contribution in [3.63, 3.8) is 0 Å². The van der Waals surface area contributed by atoms with E-state index >= 15 is 0 Å². The van der Waals surface area contributed by atoms with Gasteiger partial charge in [0.2, 0.25) is 5.91 Å². The molecule has 0 aliphatic heterocycles. The van der Waals surface area contributed by atoms with E-state index in [0.29, 0.717) is 29.4 Å². The number of amides is 2. The van der Waals surface area contributed by atoms with Crippen LogP contribution in [0.1, 0.15) is 38.3 Å². The first-order valence-corrected chi connectivity index (χ1v) is 14.0. The van der Waals surface area contributed by atoms with Crippen LogP contribution in [0, 0.1) is 0 Å². The van der Waals surface area contributed by atoms with E-state index in [4.69, 9.17) is 23.7 Å². The number of benzene rings is 2. The van der Waals surface area contributed by atoms with Gasteiger partial charge < -0.3 is 34.3 Å². The Labute approximate surface area is 239 Å². The molecule has 0 bridgehead atoms. The van der Waals surface area contributed by atoms with Gasteiger partial charge in [-0.15, -0.1) is 0 Å². The van der Waals surface area contributed by atoms with Crippen molar-refractivity contribution in [3.05, 3.63) is 53.6 Å². The highest BCUT2D eigenvalue weighted by Gasteiger charge is 2.24. The number of carbonyl (C=O) groups is 3. The molecule has 0 radical (unpaired) electrons. The monoisotopic (exact) mass is 574 g/mol. The fraction of sp³-hybridized carbons (Fsp3) is 0.414. The summed E-state index contributed by atoms with van der Waals surface area (Å²) >= 11 is 1.55. The molecule has 11 heteroatoms. The standard InChI is InChI=1S/C29H38N2O8S/c1-29(2,3)39-27(33)31-25(13-16-40-6)26(32)30-14-15-37-28(34)38-22-11-9-20(10-12-22)7-8-21-17-23(35-4)19-24(18-21)36-5/h7-12,17-19,25H,13-16H2,1-6H3,(H,30,32)(H,31,33). The highest BCUT2D eigenvalue weighted by atomic mass is 32.2. The maximum absolute atomic E-state index is 12.5. The minimum atomic E-state index is -0.896. The Kier molecular flexibility index (Phi) is 13.2. The van der Waals surface area contributed by atoms with E-state index in [1.165, 1.54) is 0 Å². The third-order valence-corrected chi connectivity index (χ3v) is 5.81. The molecule has 0 saturated carbocycles. The Bertz CT molecular complexity index is 1120.